The predicted octanol–water partition coefficient (Wildman–Crippen LogP) is 5.42. The van der Waals surface area contributed by atoms with Gasteiger partial charge in [0.05, 0.1) is 21.8 Å². The molecule has 0 unspecified atom stereocenters. The molecule has 0 fully saturated rings. The number of fused-ring (bicyclic) bond motifs is 2. The first-order chi connectivity index (χ1) is 17.8. The van der Waals surface area contributed by atoms with Crippen LogP contribution in [0.5, 0.6) is 0 Å². The molecule has 0 atom stereocenters. The van der Waals surface area contributed by atoms with Crippen LogP contribution in [0.2, 0.25) is 5.02 Å². The highest BCUT2D eigenvalue weighted by Crippen LogP contribution is 2.31. The minimum absolute atomic E-state index is 0.0463. The van der Waals surface area contributed by atoms with E-state index in [0.29, 0.717) is 41.1 Å². The van der Waals surface area contributed by atoms with E-state index in [-0.39, 0.29) is 22.0 Å². The summed E-state index contributed by atoms with van der Waals surface area (Å²) in [5.41, 5.74) is 5.35. The second-order valence-corrected chi connectivity index (χ2v) is 8.87. The summed E-state index contributed by atoms with van der Waals surface area (Å²) in [6.45, 7) is 1.77. The van der Waals surface area contributed by atoms with Crippen LogP contribution in [-0.2, 0) is 6.42 Å². The van der Waals surface area contributed by atoms with Gasteiger partial charge in [0, 0.05) is 40.8 Å². The monoisotopic (exact) mass is 517 g/mol. The molecule has 2 heterocycles. The second kappa shape index (κ2) is 9.82. The van der Waals surface area contributed by atoms with Gasteiger partial charge in [0.1, 0.15) is 10.8 Å². The van der Waals surface area contributed by atoms with Crippen molar-refractivity contribution >= 4 is 51.4 Å². The van der Waals surface area contributed by atoms with Crippen LogP contribution in [0.4, 0.5) is 11.4 Å². The van der Waals surface area contributed by atoms with Crippen LogP contribution in [0, 0.1) is 17.0 Å². The van der Waals surface area contributed by atoms with Crippen molar-refractivity contribution in [3.05, 3.63) is 98.1 Å². The second-order valence-electron chi connectivity index (χ2n) is 8.46. The molecule has 0 aliphatic heterocycles. The molecule has 1 aliphatic rings. The SMILES string of the molecule is Cc1c(C(=O)Nc2cccc3ncccc23)oc2c1/C(=N/NC(=O)c1ccc(Cl)c([N+](=O)[O-])c1)CCC2. The summed E-state index contributed by atoms with van der Waals surface area (Å²) >= 11 is 5.83. The standard InChI is InChI=1S/C26H20ClN5O5/c1-14-23-20(30-31-25(33)15-10-11-17(27)21(13-15)32(35)36)8-3-9-22(23)37-24(14)26(34)29-19-7-2-6-18-16(19)5-4-12-28-18/h2,4-7,10-13H,3,8-9H2,1H3,(H,29,34)(H,31,33)/b30-20+. The quantitative estimate of drug-likeness (QED) is 0.267. The predicted molar refractivity (Wildman–Crippen MR) is 138 cm³/mol. The Kier molecular flexibility index (Phi) is 6.41. The van der Waals surface area contributed by atoms with Gasteiger partial charge in [-0.2, -0.15) is 5.10 Å². The zero-order chi connectivity index (χ0) is 26.1. The number of nitrogens with zero attached hydrogens (tertiary/aromatic N) is 3. The minimum Gasteiger partial charge on any atom is -0.455 e. The number of rotatable bonds is 5. The highest BCUT2D eigenvalue weighted by Gasteiger charge is 2.28. The summed E-state index contributed by atoms with van der Waals surface area (Å²) in [5.74, 6) is -0.244. The number of pyridine rings is 1. The fourth-order valence-corrected chi connectivity index (χ4v) is 4.55. The number of anilines is 1. The van der Waals surface area contributed by atoms with Crippen molar-refractivity contribution in [1.29, 1.82) is 0 Å². The molecule has 2 amide bonds. The zero-order valence-electron chi connectivity index (χ0n) is 19.6. The van der Waals surface area contributed by atoms with Gasteiger partial charge in [-0.25, -0.2) is 5.43 Å². The number of aryl methyl sites for hydroxylation is 1. The molecule has 5 rings (SSSR count). The number of hydrogen-bond donors (Lipinski definition) is 2. The Bertz CT molecular complexity index is 1610. The lowest BCUT2D eigenvalue weighted by Crippen LogP contribution is -2.22. The van der Waals surface area contributed by atoms with Crippen molar-refractivity contribution in [2.45, 2.75) is 26.2 Å². The van der Waals surface area contributed by atoms with Crippen molar-refractivity contribution < 1.29 is 18.9 Å². The summed E-state index contributed by atoms with van der Waals surface area (Å²) in [6, 6.07) is 12.9. The highest BCUT2D eigenvalue weighted by atomic mass is 35.5. The first kappa shape index (κ1) is 24.1. The Morgan fingerprint density at radius 2 is 1.97 bits per heavy atom. The van der Waals surface area contributed by atoms with Crippen LogP contribution < -0.4 is 10.7 Å². The number of furan rings is 1. The Hall–Kier alpha value is -4.57. The smallest absolute Gasteiger partial charge is 0.291 e. The summed E-state index contributed by atoms with van der Waals surface area (Å²) in [4.78, 5) is 40.6. The molecule has 2 aromatic heterocycles. The number of amides is 2. The van der Waals surface area contributed by atoms with E-state index >= 15 is 0 Å². The van der Waals surface area contributed by atoms with Crippen LogP contribution in [0.3, 0.4) is 0 Å². The highest BCUT2D eigenvalue weighted by molar-refractivity contribution is 6.32. The molecule has 11 heteroatoms. The molecule has 0 saturated carbocycles. The van der Waals surface area contributed by atoms with Crippen molar-refractivity contribution in [2.24, 2.45) is 5.10 Å². The molecular formula is C26H20ClN5O5. The number of carbonyl (C=O) groups excluding carboxylic acids is 2. The van der Waals surface area contributed by atoms with E-state index in [1.807, 2.05) is 18.2 Å². The molecule has 1 aliphatic carbocycles. The van der Waals surface area contributed by atoms with Gasteiger partial charge in [0.25, 0.3) is 17.5 Å². The van der Waals surface area contributed by atoms with Gasteiger partial charge in [0.15, 0.2) is 5.76 Å². The molecule has 0 bridgehead atoms. The third-order valence-electron chi connectivity index (χ3n) is 6.12. The third-order valence-corrected chi connectivity index (χ3v) is 6.44. The Balaban J connectivity index is 1.40. The van der Waals surface area contributed by atoms with Crippen molar-refractivity contribution in [2.75, 3.05) is 5.32 Å². The number of hydrazone groups is 1. The van der Waals surface area contributed by atoms with Gasteiger partial charge >= 0.3 is 0 Å². The Morgan fingerprint density at radius 3 is 2.78 bits per heavy atom. The molecule has 10 nitrogen and oxygen atoms in total. The van der Waals surface area contributed by atoms with Crippen molar-refractivity contribution in [1.82, 2.24) is 10.4 Å². The molecule has 186 valence electrons. The fraction of sp³-hybridized carbons (Fsp3) is 0.154. The lowest BCUT2D eigenvalue weighted by Gasteiger charge is -2.13. The normalized spacial score (nSPS) is 13.8. The van der Waals surface area contributed by atoms with Crippen LogP contribution in [-0.4, -0.2) is 27.4 Å². The van der Waals surface area contributed by atoms with Crippen molar-refractivity contribution in [3.63, 3.8) is 0 Å². The zero-order valence-corrected chi connectivity index (χ0v) is 20.3. The summed E-state index contributed by atoms with van der Waals surface area (Å²) < 4.78 is 5.95. The van der Waals surface area contributed by atoms with E-state index in [1.165, 1.54) is 12.1 Å². The number of benzene rings is 2. The van der Waals surface area contributed by atoms with Crippen LogP contribution in [0.25, 0.3) is 10.9 Å². The topological polar surface area (TPSA) is 140 Å². The summed E-state index contributed by atoms with van der Waals surface area (Å²) in [5, 5.41) is 19.0. The number of nitro groups is 1. The minimum atomic E-state index is -0.658. The molecule has 0 radical (unpaired) electrons. The number of aromatic nitrogens is 1. The van der Waals surface area contributed by atoms with Gasteiger partial charge in [-0.1, -0.05) is 17.7 Å². The van der Waals surface area contributed by atoms with Crippen molar-refractivity contribution in [3.8, 4) is 0 Å². The van der Waals surface area contributed by atoms with E-state index in [4.69, 9.17) is 16.0 Å². The maximum absolute atomic E-state index is 13.2. The Labute approximate surface area is 215 Å². The van der Waals surface area contributed by atoms with E-state index in [9.17, 15) is 19.7 Å². The van der Waals surface area contributed by atoms with Gasteiger partial charge in [0.2, 0.25) is 0 Å². The van der Waals surface area contributed by atoms with Crippen LogP contribution in [0.15, 0.2) is 64.2 Å². The number of nitrogens with one attached hydrogen (secondary N) is 2. The maximum atomic E-state index is 13.2. The third kappa shape index (κ3) is 4.66. The molecule has 2 aromatic carbocycles. The summed E-state index contributed by atoms with van der Waals surface area (Å²) in [6.07, 6.45) is 3.59. The average molecular weight is 518 g/mol. The lowest BCUT2D eigenvalue weighted by molar-refractivity contribution is -0.384. The Morgan fingerprint density at radius 1 is 1.14 bits per heavy atom. The largest absolute Gasteiger partial charge is 0.455 e. The van der Waals surface area contributed by atoms with E-state index in [0.717, 1.165) is 23.4 Å². The summed E-state index contributed by atoms with van der Waals surface area (Å²) in [7, 11) is 0. The first-order valence-corrected chi connectivity index (χ1v) is 11.8. The molecule has 0 saturated heterocycles. The van der Waals surface area contributed by atoms with Gasteiger partial charge in [-0.3, -0.25) is 24.7 Å². The number of nitro benzene ring substituents is 1. The van der Waals surface area contributed by atoms with Gasteiger partial charge in [-0.05, 0) is 56.2 Å². The van der Waals surface area contributed by atoms with E-state index < -0.39 is 16.7 Å². The van der Waals surface area contributed by atoms with Crippen LogP contribution in [0.1, 0.15) is 50.6 Å². The van der Waals surface area contributed by atoms with Gasteiger partial charge in [-0.15, -0.1) is 0 Å². The maximum Gasteiger partial charge on any atom is 0.291 e. The van der Waals surface area contributed by atoms with Crippen LogP contribution >= 0.6 is 11.6 Å². The number of halogens is 1. The molecule has 0 spiro atoms. The fourth-order valence-electron chi connectivity index (χ4n) is 4.36. The van der Waals surface area contributed by atoms with E-state index in [2.05, 4.69) is 20.8 Å². The lowest BCUT2D eigenvalue weighted by atomic mass is 9.93. The average Bonchev–Trinajstić information content (AvgIpc) is 3.24. The van der Waals surface area contributed by atoms with E-state index in [1.54, 1.807) is 25.3 Å². The molecule has 37 heavy (non-hydrogen) atoms. The molecule has 4 aromatic rings. The molecule has 2 N–H and O–H groups in total. The number of hydrogen-bond acceptors (Lipinski definition) is 7. The number of carbonyl (C=O) groups is 2. The van der Waals surface area contributed by atoms with Gasteiger partial charge < -0.3 is 9.73 Å². The first-order valence-electron chi connectivity index (χ1n) is 11.4. The molecular weight excluding hydrogens is 498 g/mol.